The highest BCUT2D eigenvalue weighted by Crippen LogP contribution is 2.10. The van der Waals surface area contributed by atoms with Crippen LogP contribution in [0, 0.1) is 0 Å². The zero-order valence-corrected chi connectivity index (χ0v) is 28.8. The molecule has 0 atom stereocenters. The van der Waals surface area contributed by atoms with E-state index >= 15 is 0 Å². The van der Waals surface area contributed by atoms with Gasteiger partial charge in [0.2, 0.25) is 0 Å². The lowest BCUT2D eigenvalue weighted by molar-refractivity contribution is -0.140. The smallest absolute Gasteiger partial charge is 0.331 e. The molecule has 252 valence electrons. The van der Waals surface area contributed by atoms with Gasteiger partial charge in [-0.3, -0.25) is 0 Å². The van der Waals surface area contributed by atoms with Gasteiger partial charge in [0.15, 0.2) is 0 Å². The number of hydrogen-bond acceptors (Lipinski definition) is 4. The molecule has 0 unspecified atom stereocenters. The van der Waals surface area contributed by atoms with Crippen LogP contribution in [0.4, 0.5) is 0 Å². The van der Waals surface area contributed by atoms with Crippen molar-refractivity contribution in [1.29, 1.82) is 0 Å². The monoisotopic (exact) mass is 613 g/mol. The first kappa shape index (κ1) is 41.6. The van der Waals surface area contributed by atoms with Crippen LogP contribution >= 0.6 is 0 Å². The maximum absolute atomic E-state index is 11.8. The van der Waals surface area contributed by atoms with Gasteiger partial charge in [0.25, 0.3) is 0 Å². The number of carbonyl (C=O) groups excluding carboxylic acids is 2. The van der Waals surface area contributed by atoms with Gasteiger partial charge in [-0.2, -0.15) is 0 Å². The van der Waals surface area contributed by atoms with Crippen LogP contribution in [0.25, 0.3) is 0 Å². The molecule has 0 rings (SSSR count). The molecule has 0 heterocycles. The van der Waals surface area contributed by atoms with Gasteiger partial charge in [0, 0.05) is 12.2 Å². The molecule has 4 nitrogen and oxygen atoms in total. The predicted molar refractivity (Wildman–Crippen MR) is 190 cm³/mol. The van der Waals surface area contributed by atoms with E-state index in [2.05, 4.69) is 62.5 Å². The van der Waals surface area contributed by atoms with Gasteiger partial charge in [-0.15, -0.1) is 0 Å². The van der Waals surface area contributed by atoms with Gasteiger partial charge in [-0.1, -0.05) is 140 Å². The normalized spacial score (nSPS) is 12.1. The average Bonchev–Trinajstić information content (AvgIpc) is 3.03. The second-order valence-electron chi connectivity index (χ2n) is 11.8. The molecule has 0 aromatic heterocycles. The Bertz CT molecular complexity index is 710. The van der Waals surface area contributed by atoms with Crippen molar-refractivity contribution < 1.29 is 19.1 Å². The average molecular weight is 613 g/mol. The Kier molecular flexibility index (Phi) is 34.9. The minimum Gasteiger partial charge on any atom is -0.463 e. The van der Waals surface area contributed by atoms with Crippen molar-refractivity contribution in [2.75, 3.05) is 13.2 Å². The van der Waals surface area contributed by atoms with Crippen LogP contribution in [-0.4, -0.2) is 25.2 Å². The zero-order valence-electron chi connectivity index (χ0n) is 28.8. The number of carbonyl (C=O) groups is 2. The predicted octanol–water partition coefficient (Wildman–Crippen LogP) is 12.3. The zero-order chi connectivity index (χ0) is 32.0. The topological polar surface area (TPSA) is 52.6 Å². The van der Waals surface area contributed by atoms with E-state index in [0.717, 1.165) is 51.4 Å². The highest BCUT2D eigenvalue weighted by Gasteiger charge is 2.01. The molecular weight excluding hydrogens is 544 g/mol. The Hall–Kier alpha value is -2.36. The summed E-state index contributed by atoms with van der Waals surface area (Å²) in [7, 11) is 0. The molecule has 0 saturated heterocycles. The molecule has 0 aliphatic rings. The van der Waals surface area contributed by atoms with E-state index in [-0.39, 0.29) is 0 Å². The van der Waals surface area contributed by atoms with Gasteiger partial charge in [-0.25, -0.2) is 9.59 Å². The Labute approximate surface area is 272 Å². The first-order valence-electron chi connectivity index (χ1n) is 18.3. The summed E-state index contributed by atoms with van der Waals surface area (Å²) in [6.45, 7) is 5.29. The van der Waals surface area contributed by atoms with Crippen molar-refractivity contribution in [2.45, 2.75) is 168 Å². The molecule has 0 aliphatic carbocycles. The molecule has 44 heavy (non-hydrogen) atoms. The van der Waals surface area contributed by atoms with Gasteiger partial charge in [0.05, 0.1) is 13.2 Å². The highest BCUT2D eigenvalue weighted by atomic mass is 16.5. The molecule has 0 fully saturated rings. The molecule has 4 heteroatoms. The van der Waals surface area contributed by atoms with Crippen molar-refractivity contribution >= 4 is 11.9 Å². The number of allylic oxidation sites excluding steroid dienone is 8. The van der Waals surface area contributed by atoms with Crippen LogP contribution in [0.1, 0.15) is 168 Å². The summed E-state index contributed by atoms with van der Waals surface area (Å²) in [6, 6.07) is 0. The lowest BCUT2D eigenvalue weighted by Crippen LogP contribution is -2.06. The summed E-state index contributed by atoms with van der Waals surface area (Å²) < 4.78 is 10.4. The quantitative estimate of drug-likeness (QED) is 0.0328. The molecule has 0 spiro atoms. The van der Waals surface area contributed by atoms with Gasteiger partial charge < -0.3 is 9.47 Å². The first-order chi connectivity index (χ1) is 21.7. The van der Waals surface area contributed by atoms with Crippen LogP contribution in [0.15, 0.2) is 60.8 Å². The van der Waals surface area contributed by atoms with Crippen LogP contribution in [0.3, 0.4) is 0 Å². The van der Waals surface area contributed by atoms with E-state index in [4.69, 9.17) is 9.47 Å². The summed E-state index contributed by atoms with van der Waals surface area (Å²) in [5, 5.41) is 0. The van der Waals surface area contributed by atoms with Crippen LogP contribution in [0.5, 0.6) is 0 Å². The van der Waals surface area contributed by atoms with E-state index in [1.807, 2.05) is 0 Å². The van der Waals surface area contributed by atoms with Crippen molar-refractivity contribution in [3.05, 3.63) is 60.8 Å². The molecule has 0 radical (unpaired) electrons. The van der Waals surface area contributed by atoms with Crippen LogP contribution in [0.2, 0.25) is 0 Å². The van der Waals surface area contributed by atoms with Crippen molar-refractivity contribution in [2.24, 2.45) is 0 Å². The summed E-state index contributed by atoms with van der Waals surface area (Å²) in [6.07, 6.45) is 49.0. The fourth-order valence-electron chi connectivity index (χ4n) is 4.76. The fraction of sp³-hybridized carbons (Fsp3) is 0.700. The van der Waals surface area contributed by atoms with Crippen molar-refractivity contribution in [1.82, 2.24) is 0 Å². The number of esters is 2. The van der Waals surface area contributed by atoms with E-state index in [1.54, 1.807) is 0 Å². The largest absolute Gasteiger partial charge is 0.463 e. The molecule has 0 N–H and O–H groups in total. The molecule has 0 aromatic carbocycles. The fourth-order valence-corrected chi connectivity index (χ4v) is 4.76. The Morgan fingerprint density at radius 2 is 0.682 bits per heavy atom. The lowest BCUT2D eigenvalue weighted by Gasteiger charge is -2.03. The van der Waals surface area contributed by atoms with Gasteiger partial charge >= 0.3 is 11.9 Å². The minimum atomic E-state index is -0.474. The highest BCUT2D eigenvalue weighted by molar-refractivity contribution is 5.91. The molecule has 0 bridgehead atoms. The third kappa shape index (κ3) is 35.8. The Morgan fingerprint density at radius 1 is 0.386 bits per heavy atom. The van der Waals surface area contributed by atoms with E-state index in [0.29, 0.717) is 13.2 Å². The number of rotatable bonds is 32. The summed E-state index contributed by atoms with van der Waals surface area (Å²) >= 11 is 0. The number of hydrogen-bond donors (Lipinski definition) is 0. The maximum Gasteiger partial charge on any atom is 0.331 e. The Balaban J connectivity index is 3.45. The van der Waals surface area contributed by atoms with Crippen LogP contribution in [-0.2, 0) is 19.1 Å². The Morgan fingerprint density at radius 3 is 1.02 bits per heavy atom. The van der Waals surface area contributed by atoms with Crippen LogP contribution < -0.4 is 0 Å². The first-order valence-corrected chi connectivity index (χ1v) is 18.3. The van der Waals surface area contributed by atoms with Crippen molar-refractivity contribution in [3.8, 4) is 0 Å². The number of ether oxygens (including phenoxy) is 2. The second kappa shape index (κ2) is 36.8. The lowest BCUT2D eigenvalue weighted by atomic mass is 10.1. The molecule has 0 aliphatic heterocycles. The van der Waals surface area contributed by atoms with Gasteiger partial charge in [-0.05, 0) is 77.0 Å². The molecular formula is C40H68O4. The standard InChI is InChI=1S/C40H68O4/c1-3-5-7-9-11-13-15-17-19-21-23-25-27-29-31-33-37-43-39(41)35-36-40(42)44-38-34-32-30-28-26-24-22-20-18-16-14-12-10-8-6-4-2/h11-14,17-20,35-36H,3-10,15-16,21-34,37-38H2,1-2H3/b13-11-,14-12-,19-17-,20-18-,36-35+. The third-order valence-electron chi connectivity index (χ3n) is 7.53. The van der Waals surface area contributed by atoms with Crippen molar-refractivity contribution in [3.63, 3.8) is 0 Å². The number of unbranched alkanes of at least 4 members (excludes halogenated alkanes) is 18. The third-order valence-corrected chi connectivity index (χ3v) is 7.53. The maximum atomic E-state index is 11.8. The van der Waals surface area contributed by atoms with Gasteiger partial charge in [0.1, 0.15) is 0 Å². The second-order valence-corrected chi connectivity index (χ2v) is 11.8. The molecule has 0 amide bonds. The summed E-state index contributed by atoms with van der Waals surface area (Å²) in [4.78, 5) is 23.6. The van der Waals surface area contributed by atoms with E-state index < -0.39 is 11.9 Å². The molecule has 0 aromatic rings. The SMILES string of the molecule is CCCCC/C=C\C/C=C\CCCCCCCCOC(=O)/C=C/C(=O)OCCCCCCCC/C=C\C/C=C\CCCCC. The summed E-state index contributed by atoms with van der Waals surface area (Å²) in [5.41, 5.74) is 0. The summed E-state index contributed by atoms with van der Waals surface area (Å²) in [5.74, 6) is -0.948. The molecule has 0 saturated carbocycles. The van der Waals surface area contributed by atoms with E-state index in [9.17, 15) is 9.59 Å². The van der Waals surface area contributed by atoms with E-state index in [1.165, 1.54) is 115 Å². The minimum absolute atomic E-state index is 0.403.